The third kappa shape index (κ3) is 3.47. The summed E-state index contributed by atoms with van der Waals surface area (Å²) in [6.07, 6.45) is 0.825. The first-order valence-corrected chi connectivity index (χ1v) is 6.33. The van der Waals surface area contributed by atoms with E-state index in [4.69, 9.17) is 4.74 Å². The lowest BCUT2D eigenvalue weighted by molar-refractivity contribution is -0.121. The molecule has 4 heteroatoms. The van der Waals surface area contributed by atoms with Crippen molar-refractivity contribution in [2.24, 2.45) is 0 Å². The van der Waals surface area contributed by atoms with E-state index in [1.165, 1.54) is 5.56 Å². The fraction of sp³-hybridized carbons (Fsp3) is 0.500. The van der Waals surface area contributed by atoms with Gasteiger partial charge in [-0.25, -0.2) is 0 Å². The Bertz CT molecular complexity index is 397. The summed E-state index contributed by atoms with van der Waals surface area (Å²) in [6, 6.07) is 8.11. The first kappa shape index (κ1) is 12.9. The number of likely N-dealkylation sites (tertiary alicyclic amines) is 1. The molecule has 0 aliphatic carbocycles. The van der Waals surface area contributed by atoms with Crippen LogP contribution in [0, 0.1) is 6.92 Å². The van der Waals surface area contributed by atoms with Crippen LogP contribution in [0.1, 0.15) is 12.0 Å². The molecule has 1 aromatic carbocycles. The van der Waals surface area contributed by atoms with E-state index in [2.05, 4.69) is 29.3 Å². The van der Waals surface area contributed by atoms with Crippen molar-refractivity contribution in [2.75, 3.05) is 26.7 Å². The van der Waals surface area contributed by atoms with Crippen LogP contribution in [0.2, 0.25) is 0 Å². The van der Waals surface area contributed by atoms with E-state index < -0.39 is 0 Å². The maximum Gasteiger partial charge on any atom is 0.221 e. The number of nitrogens with one attached hydrogen (secondary N) is 1. The van der Waals surface area contributed by atoms with E-state index in [0.29, 0.717) is 6.42 Å². The van der Waals surface area contributed by atoms with E-state index >= 15 is 0 Å². The summed E-state index contributed by atoms with van der Waals surface area (Å²) in [7, 11) is 1.67. The Balaban J connectivity index is 1.67. The maximum atomic E-state index is 11.1. The monoisotopic (exact) mass is 248 g/mol. The largest absolute Gasteiger partial charge is 0.488 e. The molecule has 18 heavy (non-hydrogen) atoms. The van der Waals surface area contributed by atoms with Crippen LogP contribution < -0.4 is 10.1 Å². The molecular formula is C14H20N2O2. The number of nitrogens with zero attached hydrogens (tertiary/aromatic N) is 1. The highest BCUT2D eigenvalue weighted by atomic mass is 16.5. The van der Waals surface area contributed by atoms with Gasteiger partial charge in [-0.1, -0.05) is 17.7 Å². The molecule has 1 aliphatic heterocycles. The highest BCUT2D eigenvalue weighted by Gasteiger charge is 2.28. The zero-order valence-corrected chi connectivity index (χ0v) is 11.0. The molecule has 0 radical (unpaired) electrons. The van der Waals surface area contributed by atoms with Crippen LogP contribution in [-0.4, -0.2) is 43.6 Å². The Morgan fingerprint density at radius 3 is 2.67 bits per heavy atom. The number of rotatable bonds is 5. The number of aryl methyl sites for hydroxylation is 1. The minimum Gasteiger partial charge on any atom is -0.488 e. The van der Waals surface area contributed by atoms with E-state index in [1.54, 1.807) is 7.05 Å². The molecule has 1 amide bonds. The first-order valence-electron chi connectivity index (χ1n) is 6.33. The van der Waals surface area contributed by atoms with Crippen LogP contribution in [0.15, 0.2) is 24.3 Å². The molecule has 1 heterocycles. The molecule has 1 N–H and O–H groups in total. The molecular weight excluding hydrogens is 228 g/mol. The molecule has 1 aliphatic rings. The lowest BCUT2D eigenvalue weighted by atomic mass is 10.1. The smallest absolute Gasteiger partial charge is 0.221 e. The van der Waals surface area contributed by atoms with Gasteiger partial charge in [-0.15, -0.1) is 0 Å². The Morgan fingerprint density at radius 1 is 1.39 bits per heavy atom. The molecule has 1 saturated heterocycles. The van der Waals surface area contributed by atoms with Gasteiger partial charge in [0.1, 0.15) is 11.9 Å². The molecule has 0 atom stereocenters. The number of benzene rings is 1. The van der Waals surface area contributed by atoms with Crippen LogP contribution in [-0.2, 0) is 4.79 Å². The number of hydrogen-bond acceptors (Lipinski definition) is 3. The quantitative estimate of drug-likeness (QED) is 0.851. The standard InChI is InChI=1S/C14H20N2O2/c1-11-3-5-12(6-4-11)18-13-9-16(10-13)8-7-14(17)15-2/h3-6,13H,7-10H2,1-2H3,(H,15,17). The SMILES string of the molecule is CNC(=O)CCN1CC(Oc2ccc(C)cc2)C1. The second kappa shape index (κ2) is 5.87. The number of carbonyl (C=O) groups excluding carboxylic acids is 1. The van der Waals surface area contributed by atoms with Crippen molar-refractivity contribution in [2.45, 2.75) is 19.4 Å². The van der Waals surface area contributed by atoms with E-state index in [0.717, 1.165) is 25.4 Å². The summed E-state index contributed by atoms with van der Waals surface area (Å²) >= 11 is 0. The van der Waals surface area contributed by atoms with Gasteiger partial charge >= 0.3 is 0 Å². The van der Waals surface area contributed by atoms with Gasteiger partial charge < -0.3 is 10.1 Å². The lowest BCUT2D eigenvalue weighted by Gasteiger charge is -2.38. The average molecular weight is 248 g/mol. The zero-order chi connectivity index (χ0) is 13.0. The molecule has 4 nitrogen and oxygen atoms in total. The molecule has 0 bridgehead atoms. The van der Waals surface area contributed by atoms with Crippen LogP contribution in [0.25, 0.3) is 0 Å². The van der Waals surface area contributed by atoms with Gasteiger partial charge in [0.25, 0.3) is 0 Å². The Hall–Kier alpha value is -1.55. The summed E-state index contributed by atoms with van der Waals surface area (Å²) in [6.45, 7) is 4.69. The minimum atomic E-state index is 0.0953. The van der Waals surface area contributed by atoms with Crippen molar-refractivity contribution in [1.29, 1.82) is 0 Å². The Morgan fingerprint density at radius 2 is 2.06 bits per heavy atom. The summed E-state index contributed by atoms with van der Waals surface area (Å²) in [5, 5.41) is 2.63. The summed E-state index contributed by atoms with van der Waals surface area (Å²) in [5.74, 6) is 1.02. The Labute approximate surface area is 108 Å². The number of ether oxygens (including phenoxy) is 1. The third-order valence-electron chi connectivity index (χ3n) is 3.18. The van der Waals surface area contributed by atoms with Gasteiger partial charge in [0.05, 0.1) is 0 Å². The van der Waals surface area contributed by atoms with Gasteiger partial charge in [-0.2, -0.15) is 0 Å². The van der Waals surface area contributed by atoms with Crippen LogP contribution in [0.3, 0.4) is 0 Å². The summed E-state index contributed by atoms with van der Waals surface area (Å²) in [4.78, 5) is 13.3. The third-order valence-corrected chi connectivity index (χ3v) is 3.18. The lowest BCUT2D eigenvalue weighted by Crippen LogP contribution is -2.54. The Kier molecular flexibility index (Phi) is 4.20. The summed E-state index contributed by atoms with van der Waals surface area (Å²) < 4.78 is 5.83. The van der Waals surface area contributed by atoms with Crippen LogP contribution in [0.4, 0.5) is 0 Å². The van der Waals surface area contributed by atoms with Crippen LogP contribution in [0.5, 0.6) is 5.75 Å². The van der Waals surface area contributed by atoms with Crippen molar-refractivity contribution >= 4 is 5.91 Å². The van der Waals surface area contributed by atoms with E-state index in [9.17, 15) is 4.79 Å². The van der Waals surface area contributed by atoms with Gasteiger partial charge in [-0.3, -0.25) is 9.69 Å². The predicted molar refractivity (Wildman–Crippen MR) is 70.7 cm³/mol. The number of amides is 1. The predicted octanol–water partition coefficient (Wildman–Crippen LogP) is 1.19. The van der Waals surface area contributed by atoms with Gasteiger partial charge in [0, 0.05) is 33.1 Å². The summed E-state index contributed by atoms with van der Waals surface area (Å²) in [5.41, 5.74) is 1.24. The maximum absolute atomic E-state index is 11.1. The van der Waals surface area contributed by atoms with Crippen molar-refractivity contribution < 1.29 is 9.53 Å². The van der Waals surface area contributed by atoms with Crippen molar-refractivity contribution in [3.8, 4) is 5.75 Å². The molecule has 1 fully saturated rings. The number of hydrogen-bond donors (Lipinski definition) is 1. The highest BCUT2D eigenvalue weighted by Crippen LogP contribution is 2.18. The topological polar surface area (TPSA) is 41.6 Å². The van der Waals surface area contributed by atoms with Gasteiger partial charge in [-0.05, 0) is 19.1 Å². The molecule has 0 aromatic heterocycles. The normalized spacial score (nSPS) is 16.1. The molecule has 98 valence electrons. The van der Waals surface area contributed by atoms with E-state index in [-0.39, 0.29) is 12.0 Å². The van der Waals surface area contributed by atoms with Gasteiger partial charge in [0.15, 0.2) is 0 Å². The minimum absolute atomic E-state index is 0.0953. The second-order valence-electron chi connectivity index (χ2n) is 4.74. The molecule has 0 saturated carbocycles. The zero-order valence-electron chi connectivity index (χ0n) is 11.0. The first-order chi connectivity index (χ1) is 8.67. The van der Waals surface area contributed by atoms with Crippen molar-refractivity contribution in [1.82, 2.24) is 10.2 Å². The average Bonchev–Trinajstić information content (AvgIpc) is 2.33. The van der Waals surface area contributed by atoms with Crippen LogP contribution >= 0.6 is 0 Å². The fourth-order valence-corrected chi connectivity index (χ4v) is 1.97. The molecule has 2 rings (SSSR count). The fourth-order valence-electron chi connectivity index (χ4n) is 1.97. The van der Waals surface area contributed by atoms with Crippen molar-refractivity contribution in [3.05, 3.63) is 29.8 Å². The molecule has 0 unspecified atom stereocenters. The molecule has 1 aromatic rings. The second-order valence-corrected chi connectivity index (χ2v) is 4.74. The van der Waals surface area contributed by atoms with Gasteiger partial charge in [0.2, 0.25) is 5.91 Å². The van der Waals surface area contributed by atoms with Crippen molar-refractivity contribution in [3.63, 3.8) is 0 Å². The van der Waals surface area contributed by atoms with E-state index in [1.807, 2.05) is 12.1 Å². The molecule has 0 spiro atoms. The highest BCUT2D eigenvalue weighted by molar-refractivity contribution is 5.75. The number of carbonyl (C=O) groups is 1.